The summed E-state index contributed by atoms with van der Waals surface area (Å²) in [5, 5.41) is 20.4. The molecule has 1 spiro atoms. The van der Waals surface area contributed by atoms with E-state index in [-0.39, 0.29) is 36.1 Å². The minimum absolute atomic E-state index is 0.0250. The number of fused-ring (bicyclic) bond motifs is 1. The van der Waals surface area contributed by atoms with Crippen LogP contribution in [-0.4, -0.2) is 68.1 Å². The van der Waals surface area contributed by atoms with Gasteiger partial charge in [-0.15, -0.1) is 18.3 Å². The first-order chi connectivity index (χ1) is 15.7. The van der Waals surface area contributed by atoms with Gasteiger partial charge in [0, 0.05) is 22.5 Å². The van der Waals surface area contributed by atoms with E-state index in [0.717, 1.165) is 0 Å². The number of carboxylic acid groups (broad SMARTS) is 1. The van der Waals surface area contributed by atoms with Crippen LogP contribution >= 0.6 is 23.4 Å². The zero-order valence-electron chi connectivity index (χ0n) is 18.7. The highest BCUT2D eigenvalue weighted by atomic mass is 35.5. The number of hydrogen-bond donors (Lipinski definition) is 2. The Hall–Kier alpha value is -2.03. The fourth-order valence-electron chi connectivity index (χ4n) is 6.05. The van der Waals surface area contributed by atoms with Crippen molar-refractivity contribution in [3.8, 4) is 0 Å². The normalized spacial score (nSPS) is 33.2. The lowest BCUT2D eigenvalue weighted by atomic mass is 9.66. The zero-order valence-corrected chi connectivity index (χ0v) is 20.3. The summed E-state index contributed by atoms with van der Waals surface area (Å²) in [6.07, 6.45) is 2.72. The first-order valence-corrected chi connectivity index (χ1v) is 12.5. The smallest absolute Gasteiger partial charge is 0.308 e. The van der Waals surface area contributed by atoms with Crippen molar-refractivity contribution < 1.29 is 24.6 Å². The maximum absolute atomic E-state index is 14.3. The monoisotopic (exact) mass is 492 g/mol. The molecule has 0 aromatic heterocycles. The predicted molar refractivity (Wildman–Crippen MR) is 128 cm³/mol. The average molecular weight is 493 g/mol. The second-order valence-electron chi connectivity index (χ2n) is 9.09. The molecule has 0 saturated carbocycles. The highest BCUT2D eigenvalue weighted by molar-refractivity contribution is 8.02. The first-order valence-electron chi connectivity index (χ1n) is 11.2. The van der Waals surface area contributed by atoms with Crippen molar-refractivity contribution >= 4 is 46.8 Å². The molecule has 2 N–H and O–H groups in total. The molecule has 0 aliphatic carbocycles. The summed E-state index contributed by atoms with van der Waals surface area (Å²) in [5.41, 5.74) is 0.619. The van der Waals surface area contributed by atoms with Gasteiger partial charge in [-0.3, -0.25) is 14.4 Å². The number of likely N-dealkylation sites (tertiary alicyclic amines) is 1. The minimum atomic E-state index is -0.995. The van der Waals surface area contributed by atoms with Gasteiger partial charge in [-0.1, -0.05) is 31.5 Å². The van der Waals surface area contributed by atoms with Crippen LogP contribution in [0.15, 0.2) is 36.9 Å². The van der Waals surface area contributed by atoms with Crippen LogP contribution in [0.25, 0.3) is 0 Å². The van der Waals surface area contributed by atoms with E-state index in [0.29, 0.717) is 23.6 Å². The van der Waals surface area contributed by atoms with Crippen LogP contribution in [0, 0.1) is 17.8 Å². The minimum Gasteiger partial charge on any atom is -0.481 e. The van der Waals surface area contributed by atoms with E-state index in [9.17, 15) is 24.6 Å². The quantitative estimate of drug-likeness (QED) is 0.541. The van der Waals surface area contributed by atoms with Gasteiger partial charge in [-0.25, -0.2) is 0 Å². The number of carbonyl (C=O) groups excluding carboxylic acids is 2. The van der Waals surface area contributed by atoms with Gasteiger partial charge in [0.25, 0.3) is 5.91 Å². The van der Waals surface area contributed by atoms with E-state index in [1.165, 1.54) is 16.7 Å². The number of rotatable bonds is 8. The van der Waals surface area contributed by atoms with Crippen LogP contribution < -0.4 is 4.90 Å². The number of carbonyl (C=O) groups is 3. The largest absolute Gasteiger partial charge is 0.481 e. The predicted octanol–water partition coefficient (Wildman–Crippen LogP) is 3.05. The Bertz CT molecular complexity index is 968. The van der Waals surface area contributed by atoms with Crippen LogP contribution in [0.3, 0.4) is 0 Å². The van der Waals surface area contributed by atoms with Crippen LogP contribution in [0.1, 0.15) is 26.7 Å². The number of thioether (sulfide) groups is 1. The second-order valence-corrected chi connectivity index (χ2v) is 11.1. The number of aliphatic hydroxyl groups excluding tert-OH is 1. The summed E-state index contributed by atoms with van der Waals surface area (Å²) < 4.78 is -0.851. The van der Waals surface area contributed by atoms with Crippen molar-refractivity contribution in [2.24, 2.45) is 17.8 Å². The molecule has 7 atom stereocenters. The lowest BCUT2D eigenvalue weighted by molar-refractivity contribution is -0.149. The van der Waals surface area contributed by atoms with E-state index in [1.807, 2.05) is 13.8 Å². The van der Waals surface area contributed by atoms with Crippen molar-refractivity contribution in [2.45, 2.75) is 48.8 Å². The van der Waals surface area contributed by atoms with Crippen molar-refractivity contribution in [1.82, 2.24) is 4.90 Å². The van der Waals surface area contributed by atoms with E-state index in [2.05, 4.69) is 6.58 Å². The standard InChI is InChI=1S/C24H29ClN2O5S/c1-4-10-26(16-8-6-14(25)7-9-16)22(30)20-24-13(3)11-17(33-24)18(23(31)32)19(24)21(29)27(20)15(5-2)12-28/h4,6-9,13,15,17-20,28H,1,5,10-12H2,2-3H3,(H,31,32)/t13?,15-,17-,18+,19-,20?,24?/m0/s1. The maximum atomic E-state index is 14.3. The van der Waals surface area contributed by atoms with Gasteiger partial charge >= 0.3 is 5.97 Å². The van der Waals surface area contributed by atoms with Gasteiger partial charge in [0.15, 0.2) is 0 Å². The van der Waals surface area contributed by atoms with Gasteiger partial charge in [-0.05, 0) is 43.0 Å². The van der Waals surface area contributed by atoms with E-state index in [4.69, 9.17) is 11.6 Å². The number of nitrogens with zero attached hydrogens (tertiary/aromatic N) is 2. The van der Waals surface area contributed by atoms with Crippen molar-refractivity contribution in [2.75, 3.05) is 18.1 Å². The number of aliphatic hydroxyl groups is 1. The number of hydrogen-bond acceptors (Lipinski definition) is 5. The summed E-state index contributed by atoms with van der Waals surface area (Å²) in [4.78, 5) is 43.4. The number of halogens is 1. The number of carboxylic acids is 1. The van der Waals surface area contributed by atoms with E-state index >= 15 is 0 Å². The molecule has 0 radical (unpaired) electrons. The molecule has 1 aromatic carbocycles. The van der Waals surface area contributed by atoms with Gasteiger partial charge in [0.2, 0.25) is 5.91 Å². The first kappa shape index (κ1) is 24.1. The molecule has 9 heteroatoms. The molecule has 3 saturated heterocycles. The average Bonchev–Trinajstić information content (AvgIpc) is 3.38. The third-order valence-electron chi connectivity index (χ3n) is 7.49. The Morgan fingerprint density at radius 3 is 2.61 bits per heavy atom. The fourth-order valence-corrected chi connectivity index (χ4v) is 8.57. The van der Waals surface area contributed by atoms with Crippen LogP contribution in [0.2, 0.25) is 5.02 Å². The highest BCUT2D eigenvalue weighted by Gasteiger charge is 2.76. The van der Waals surface area contributed by atoms with Gasteiger partial charge in [0.1, 0.15) is 6.04 Å². The van der Waals surface area contributed by atoms with Crippen molar-refractivity contribution in [3.05, 3.63) is 41.9 Å². The maximum Gasteiger partial charge on any atom is 0.308 e. The van der Waals surface area contributed by atoms with Crippen molar-refractivity contribution in [1.29, 1.82) is 0 Å². The molecule has 7 nitrogen and oxygen atoms in total. The Labute approximate surface area is 202 Å². The molecule has 3 aliphatic rings. The van der Waals surface area contributed by atoms with Gasteiger partial charge in [-0.2, -0.15) is 0 Å². The number of anilines is 1. The van der Waals surface area contributed by atoms with E-state index in [1.54, 1.807) is 35.2 Å². The molecule has 2 amide bonds. The summed E-state index contributed by atoms with van der Waals surface area (Å²) >= 11 is 7.54. The Balaban J connectivity index is 1.86. The number of amides is 2. The number of benzene rings is 1. The molecule has 33 heavy (non-hydrogen) atoms. The summed E-state index contributed by atoms with van der Waals surface area (Å²) in [6, 6.07) is 5.43. The van der Waals surface area contributed by atoms with Gasteiger partial charge < -0.3 is 20.0 Å². The zero-order chi connectivity index (χ0) is 24.1. The molecule has 3 aliphatic heterocycles. The lowest BCUT2D eigenvalue weighted by Crippen LogP contribution is -2.59. The molecule has 3 fully saturated rings. The Morgan fingerprint density at radius 2 is 2.06 bits per heavy atom. The molecule has 3 heterocycles. The fraction of sp³-hybridized carbons (Fsp3) is 0.542. The van der Waals surface area contributed by atoms with Crippen LogP contribution in [0.5, 0.6) is 0 Å². The van der Waals surface area contributed by atoms with Crippen LogP contribution in [-0.2, 0) is 14.4 Å². The molecule has 178 valence electrons. The summed E-state index contributed by atoms with van der Waals surface area (Å²) in [6.45, 7) is 7.58. The van der Waals surface area contributed by atoms with E-state index < -0.39 is 34.6 Å². The third kappa shape index (κ3) is 3.49. The molecular formula is C24H29ClN2O5S. The molecule has 3 unspecified atom stereocenters. The molecule has 2 bridgehead atoms. The summed E-state index contributed by atoms with van der Waals surface area (Å²) in [7, 11) is 0. The Morgan fingerprint density at radius 1 is 1.39 bits per heavy atom. The Kier molecular flexibility index (Phi) is 6.55. The van der Waals surface area contributed by atoms with Crippen LogP contribution in [0.4, 0.5) is 5.69 Å². The second kappa shape index (κ2) is 8.96. The molecular weight excluding hydrogens is 464 g/mol. The number of aliphatic carboxylic acids is 1. The summed E-state index contributed by atoms with van der Waals surface area (Å²) in [5.74, 6) is -3.27. The SMILES string of the molecule is C=CCN(C(=O)C1N([C@@H](CC)CO)C(=O)[C@@H]2[C@H](C(=O)O)[C@@H]3CC(C)C12S3)c1ccc(Cl)cc1. The van der Waals surface area contributed by atoms with Gasteiger partial charge in [0.05, 0.1) is 29.2 Å². The molecule has 4 rings (SSSR count). The lowest BCUT2D eigenvalue weighted by Gasteiger charge is -2.41. The third-order valence-corrected chi connectivity index (χ3v) is 9.82. The molecule has 1 aromatic rings. The van der Waals surface area contributed by atoms with Crippen molar-refractivity contribution in [3.63, 3.8) is 0 Å². The topological polar surface area (TPSA) is 98.2 Å². The highest BCUT2D eigenvalue weighted by Crippen LogP contribution is 2.69.